The van der Waals surface area contributed by atoms with E-state index in [2.05, 4.69) is 4.98 Å². The molecule has 6 heteroatoms. The van der Waals surface area contributed by atoms with E-state index in [0.717, 1.165) is 55.9 Å². The summed E-state index contributed by atoms with van der Waals surface area (Å²) in [6.45, 7) is 3.80. The number of piperidine rings is 1. The van der Waals surface area contributed by atoms with Crippen molar-refractivity contribution < 1.29 is 9.59 Å². The molecular formula is C22H32N4O2. The number of likely N-dealkylation sites (tertiary alicyclic amines) is 1. The number of hydrogen-bond acceptors (Lipinski definition) is 4. The molecule has 3 heterocycles. The summed E-state index contributed by atoms with van der Waals surface area (Å²) in [5, 5.41) is 0. The van der Waals surface area contributed by atoms with Crippen LogP contribution >= 0.6 is 0 Å². The number of nitrogens with zero attached hydrogens (tertiary/aromatic N) is 4. The van der Waals surface area contributed by atoms with Gasteiger partial charge in [-0.15, -0.1) is 0 Å². The average Bonchev–Trinajstić information content (AvgIpc) is 2.73. The Morgan fingerprint density at radius 2 is 1.86 bits per heavy atom. The molecule has 2 aliphatic heterocycles. The first kappa shape index (κ1) is 19.3. The molecule has 0 unspecified atom stereocenters. The van der Waals surface area contributed by atoms with E-state index >= 15 is 0 Å². The zero-order chi connectivity index (χ0) is 19.5. The smallest absolute Gasteiger partial charge is 0.223 e. The minimum atomic E-state index is 0.00233. The Hall–Kier alpha value is -1.98. The molecule has 0 N–H and O–H groups in total. The fourth-order valence-corrected chi connectivity index (χ4v) is 5.05. The van der Waals surface area contributed by atoms with Crippen LogP contribution in [0, 0.1) is 5.92 Å². The standard InChI is InChI=1S/C22H32N4O2/c1-16(27)26-11-6-5-9-20(26)22-23-14-18-15-25(12-10-19(18)24-22)21(28)13-17-7-3-2-4-8-17/h14,17,20H,2-13,15H2,1H3/t20-/m0/s1. The van der Waals surface area contributed by atoms with E-state index in [1.165, 1.54) is 32.1 Å². The van der Waals surface area contributed by atoms with Crippen LogP contribution in [0.3, 0.4) is 0 Å². The third kappa shape index (κ3) is 4.20. The Bertz CT molecular complexity index is 729. The van der Waals surface area contributed by atoms with Crippen molar-refractivity contribution in [3.63, 3.8) is 0 Å². The number of aromatic nitrogens is 2. The van der Waals surface area contributed by atoms with E-state index in [0.29, 0.717) is 18.9 Å². The molecule has 2 amide bonds. The summed E-state index contributed by atoms with van der Waals surface area (Å²) in [7, 11) is 0. The van der Waals surface area contributed by atoms with Gasteiger partial charge in [0, 0.05) is 51.2 Å². The summed E-state index contributed by atoms with van der Waals surface area (Å²) in [5.74, 6) is 1.74. The van der Waals surface area contributed by atoms with Crippen molar-refractivity contribution in [1.29, 1.82) is 0 Å². The topological polar surface area (TPSA) is 66.4 Å². The number of fused-ring (bicyclic) bond motifs is 1. The van der Waals surface area contributed by atoms with Crippen LogP contribution in [0.25, 0.3) is 0 Å². The highest BCUT2D eigenvalue weighted by atomic mass is 16.2. The van der Waals surface area contributed by atoms with Crippen molar-refractivity contribution in [2.75, 3.05) is 13.1 Å². The first-order chi connectivity index (χ1) is 13.6. The van der Waals surface area contributed by atoms with E-state index < -0.39 is 0 Å². The second kappa shape index (κ2) is 8.58. The highest BCUT2D eigenvalue weighted by molar-refractivity contribution is 5.76. The van der Waals surface area contributed by atoms with Crippen molar-refractivity contribution in [2.45, 2.75) is 83.7 Å². The highest BCUT2D eigenvalue weighted by Crippen LogP contribution is 2.31. The fraction of sp³-hybridized carbons (Fsp3) is 0.727. The summed E-state index contributed by atoms with van der Waals surface area (Å²) in [6, 6.07) is 0.00233. The molecule has 28 heavy (non-hydrogen) atoms. The Kier molecular flexibility index (Phi) is 5.93. The second-order valence-electron chi connectivity index (χ2n) is 8.70. The van der Waals surface area contributed by atoms with Crippen LogP contribution < -0.4 is 0 Å². The van der Waals surface area contributed by atoms with Gasteiger partial charge in [0.15, 0.2) is 5.82 Å². The molecule has 1 atom stereocenters. The first-order valence-electron chi connectivity index (χ1n) is 11.0. The minimum Gasteiger partial charge on any atom is -0.338 e. The van der Waals surface area contributed by atoms with Gasteiger partial charge in [-0.3, -0.25) is 9.59 Å². The average molecular weight is 385 g/mol. The van der Waals surface area contributed by atoms with E-state index in [1.54, 1.807) is 6.92 Å². The number of rotatable bonds is 3. The Labute approximate surface area is 167 Å². The molecule has 0 radical (unpaired) electrons. The van der Waals surface area contributed by atoms with E-state index in [9.17, 15) is 9.59 Å². The lowest BCUT2D eigenvalue weighted by molar-refractivity contribution is -0.134. The third-order valence-electron chi connectivity index (χ3n) is 6.70. The lowest BCUT2D eigenvalue weighted by Gasteiger charge is -2.35. The van der Waals surface area contributed by atoms with Gasteiger partial charge in [0.2, 0.25) is 11.8 Å². The van der Waals surface area contributed by atoms with E-state index in [1.807, 2.05) is 16.0 Å². The van der Waals surface area contributed by atoms with Gasteiger partial charge in [-0.1, -0.05) is 19.3 Å². The summed E-state index contributed by atoms with van der Waals surface area (Å²) >= 11 is 0. The molecule has 1 aromatic rings. The van der Waals surface area contributed by atoms with Crippen molar-refractivity contribution >= 4 is 11.8 Å². The quantitative estimate of drug-likeness (QED) is 0.801. The molecule has 0 aromatic carbocycles. The molecule has 4 rings (SSSR count). The van der Waals surface area contributed by atoms with Crippen molar-refractivity contribution in [1.82, 2.24) is 19.8 Å². The summed E-state index contributed by atoms with van der Waals surface area (Å²) in [6.07, 6.45) is 12.8. The number of carbonyl (C=O) groups is 2. The van der Waals surface area contributed by atoms with Gasteiger partial charge in [-0.05, 0) is 38.0 Å². The molecule has 1 saturated heterocycles. The van der Waals surface area contributed by atoms with Gasteiger partial charge >= 0.3 is 0 Å². The first-order valence-corrected chi connectivity index (χ1v) is 11.0. The summed E-state index contributed by atoms with van der Waals surface area (Å²) < 4.78 is 0. The van der Waals surface area contributed by atoms with Gasteiger partial charge in [0.25, 0.3) is 0 Å². The Morgan fingerprint density at radius 3 is 2.64 bits per heavy atom. The van der Waals surface area contributed by atoms with Crippen LogP contribution in [0.4, 0.5) is 0 Å². The summed E-state index contributed by atoms with van der Waals surface area (Å²) in [5.41, 5.74) is 2.12. The fourth-order valence-electron chi connectivity index (χ4n) is 5.05. The maximum atomic E-state index is 12.7. The predicted octanol–water partition coefficient (Wildman–Crippen LogP) is 3.41. The molecular weight excluding hydrogens is 352 g/mol. The molecule has 6 nitrogen and oxygen atoms in total. The minimum absolute atomic E-state index is 0.00233. The lowest BCUT2D eigenvalue weighted by Crippen LogP contribution is -2.39. The third-order valence-corrected chi connectivity index (χ3v) is 6.70. The van der Waals surface area contributed by atoms with Gasteiger partial charge in [0.05, 0.1) is 11.7 Å². The van der Waals surface area contributed by atoms with Crippen LogP contribution in [0.15, 0.2) is 6.20 Å². The predicted molar refractivity (Wildman–Crippen MR) is 106 cm³/mol. The van der Waals surface area contributed by atoms with Gasteiger partial charge in [0.1, 0.15) is 0 Å². The second-order valence-corrected chi connectivity index (χ2v) is 8.70. The van der Waals surface area contributed by atoms with Crippen molar-refractivity contribution in [3.05, 3.63) is 23.3 Å². The lowest BCUT2D eigenvalue weighted by atomic mass is 9.86. The molecule has 1 saturated carbocycles. The molecule has 152 valence electrons. The van der Waals surface area contributed by atoms with E-state index in [-0.39, 0.29) is 17.9 Å². The van der Waals surface area contributed by atoms with Crippen LogP contribution in [0.5, 0.6) is 0 Å². The van der Waals surface area contributed by atoms with Crippen LogP contribution in [-0.2, 0) is 22.6 Å². The maximum Gasteiger partial charge on any atom is 0.223 e. The zero-order valence-corrected chi connectivity index (χ0v) is 17.0. The number of amides is 2. The molecule has 0 spiro atoms. The monoisotopic (exact) mass is 384 g/mol. The molecule has 2 fully saturated rings. The molecule has 1 aliphatic carbocycles. The van der Waals surface area contributed by atoms with Crippen molar-refractivity contribution in [3.8, 4) is 0 Å². The Morgan fingerprint density at radius 1 is 1.07 bits per heavy atom. The number of carbonyl (C=O) groups excluding carboxylic acids is 2. The molecule has 0 bridgehead atoms. The van der Waals surface area contributed by atoms with Gasteiger partial charge in [-0.25, -0.2) is 9.97 Å². The summed E-state index contributed by atoms with van der Waals surface area (Å²) in [4.78, 5) is 38.1. The van der Waals surface area contributed by atoms with E-state index in [4.69, 9.17) is 4.98 Å². The van der Waals surface area contributed by atoms with Crippen molar-refractivity contribution in [2.24, 2.45) is 5.92 Å². The molecule has 3 aliphatic rings. The zero-order valence-electron chi connectivity index (χ0n) is 17.0. The van der Waals surface area contributed by atoms with Gasteiger partial charge < -0.3 is 9.80 Å². The largest absolute Gasteiger partial charge is 0.338 e. The highest BCUT2D eigenvalue weighted by Gasteiger charge is 2.30. The van der Waals surface area contributed by atoms with Crippen LogP contribution in [-0.4, -0.2) is 44.7 Å². The SMILES string of the molecule is CC(=O)N1CCCC[C@H]1c1ncc2c(n1)CCN(C(=O)CC1CCCCC1)C2. The maximum absolute atomic E-state index is 12.7. The molecule has 1 aromatic heterocycles. The Balaban J connectivity index is 1.42. The number of hydrogen-bond donors (Lipinski definition) is 0. The van der Waals surface area contributed by atoms with Gasteiger partial charge in [-0.2, -0.15) is 0 Å². The normalized spacial score (nSPS) is 23.4. The van der Waals surface area contributed by atoms with Crippen LogP contribution in [0.1, 0.15) is 87.8 Å². The van der Waals surface area contributed by atoms with Crippen LogP contribution in [0.2, 0.25) is 0 Å².